The summed E-state index contributed by atoms with van der Waals surface area (Å²) in [4.78, 5) is 46.8. The van der Waals surface area contributed by atoms with Gasteiger partial charge in [-0.25, -0.2) is 0 Å². The number of carboxylic acid groups (broad SMARTS) is 1. The second-order valence-electron chi connectivity index (χ2n) is 8.07. The summed E-state index contributed by atoms with van der Waals surface area (Å²) < 4.78 is -0.610. The highest BCUT2D eigenvalue weighted by Gasteiger charge is 2.38. The molecule has 188 valence electrons. The van der Waals surface area contributed by atoms with Crippen LogP contribution < -0.4 is 16.0 Å². The topological polar surface area (TPSA) is 125 Å². The number of amides is 3. The molecule has 3 amide bonds. The first-order chi connectivity index (χ1) is 17.4. The number of hydrogen-bond acceptors (Lipinski definition) is 5. The number of allylic oxidation sites excluding steroid dienone is 3. The smallest absolute Gasteiger partial charge is 0.322 e. The van der Waals surface area contributed by atoms with Gasteiger partial charge in [-0.2, -0.15) is 0 Å². The average molecular weight is 508 g/mol. The van der Waals surface area contributed by atoms with E-state index in [1.165, 1.54) is 11.8 Å². The summed E-state index contributed by atoms with van der Waals surface area (Å²) in [5.74, 6) is -2.57. The fourth-order valence-electron chi connectivity index (χ4n) is 3.85. The molecule has 0 radical (unpaired) electrons. The Kier molecular flexibility index (Phi) is 9.88. The quantitative estimate of drug-likeness (QED) is 0.350. The van der Waals surface area contributed by atoms with E-state index in [1.807, 2.05) is 36.4 Å². The number of benzene rings is 2. The van der Waals surface area contributed by atoms with Crippen molar-refractivity contribution in [3.63, 3.8) is 0 Å². The minimum Gasteiger partial charge on any atom is -0.480 e. The summed E-state index contributed by atoms with van der Waals surface area (Å²) in [7, 11) is 0. The Morgan fingerprint density at radius 2 is 1.28 bits per heavy atom. The van der Waals surface area contributed by atoms with Gasteiger partial charge in [-0.05, 0) is 29.5 Å². The summed E-state index contributed by atoms with van der Waals surface area (Å²) in [6.45, 7) is -1.20. The first-order valence-corrected chi connectivity index (χ1v) is 12.5. The minimum atomic E-state index is -1.18. The average Bonchev–Trinajstić information content (AvgIpc) is 2.91. The van der Waals surface area contributed by atoms with E-state index in [9.17, 15) is 19.2 Å². The number of aliphatic carboxylic acids is 1. The van der Waals surface area contributed by atoms with Gasteiger partial charge >= 0.3 is 5.97 Å². The SMILES string of the molecule is O=C(O)CNC(=O)CNC(=O)CNC(=O)CSC(C1=CCCC=C1)(c1ccccc1)c1ccccc1. The standard InChI is InChI=1S/C27H29N3O5S/c31-23(28-16-24(32)30-18-26(34)35)17-29-25(33)19-36-27(20-10-4-1-5-11-20,21-12-6-2-7-13-21)22-14-8-3-9-15-22/h1-2,4-8,10-15H,3,9,16-19H2,(H,28,31)(H,29,33)(H,30,32)(H,34,35). The molecule has 36 heavy (non-hydrogen) atoms. The number of hydrogen-bond donors (Lipinski definition) is 4. The Morgan fingerprint density at radius 3 is 1.78 bits per heavy atom. The van der Waals surface area contributed by atoms with Crippen LogP contribution >= 0.6 is 11.8 Å². The Hall–Kier alpha value is -3.85. The zero-order chi connectivity index (χ0) is 25.8. The molecule has 0 atom stereocenters. The van der Waals surface area contributed by atoms with Gasteiger partial charge in [-0.15, -0.1) is 11.8 Å². The maximum Gasteiger partial charge on any atom is 0.322 e. The van der Waals surface area contributed by atoms with Crippen LogP contribution in [-0.4, -0.2) is 54.2 Å². The summed E-state index contributed by atoms with van der Waals surface area (Å²) >= 11 is 1.49. The molecule has 2 aromatic rings. The summed E-state index contributed by atoms with van der Waals surface area (Å²) in [5, 5.41) is 15.7. The summed E-state index contributed by atoms with van der Waals surface area (Å²) in [5.41, 5.74) is 3.21. The number of nitrogens with one attached hydrogen (secondary N) is 3. The van der Waals surface area contributed by atoms with Crippen LogP contribution in [0.2, 0.25) is 0 Å². The van der Waals surface area contributed by atoms with Crippen LogP contribution in [0.25, 0.3) is 0 Å². The monoisotopic (exact) mass is 507 g/mol. The maximum atomic E-state index is 12.8. The third kappa shape index (κ3) is 7.32. The summed E-state index contributed by atoms with van der Waals surface area (Å²) in [6, 6.07) is 20.1. The molecular weight excluding hydrogens is 478 g/mol. The Balaban J connectivity index is 1.69. The fraction of sp³-hybridized carbons (Fsp3) is 0.259. The number of carbonyl (C=O) groups is 4. The van der Waals surface area contributed by atoms with E-state index in [0.717, 1.165) is 29.5 Å². The molecule has 0 bridgehead atoms. The van der Waals surface area contributed by atoms with E-state index >= 15 is 0 Å². The zero-order valence-corrected chi connectivity index (χ0v) is 20.6. The third-order valence-corrected chi connectivity index (χ3v) is 7.06. The van der Waals surface area contributed by atoms with E-state index in [4.69, 9.17) is 5.11 Å². The fourth-order valence-corrected chi connectivity index (χ4v) is 5.23. The molecule has 0 aromatic heterocycles. The molecule has 1 aliphatic carbocycles. The molecule has 0 saturated heterocycles. The first-order valence-electron chi connectivity index (χ1n) is 11.6. The van der Waals surface area contributed by atoms with Gasteiger partial charge < -0.3 is 21.1 Å². The van der Waals surface area contributed by atoms with E-state index < -0.39 is 29.1 Å². The van der Waals surface area contributed by atoms with Gasteiger partial charge in [-0.1, -0.05) is 78.9 Å². The van der Waals surface area contributed by atoms with Crippen molar-refractivity contribution in [1.29, 1.82) is 0 Å². The van der Waals surface area contributed by atoms with Crippen molar-refractivity contribution in [2.45, 2.75) is 17.6 Å². The lowest BCUT2D eigenvalue weighted by Gasteiger charge is -2.37. The predicted molar refractivity (Wildman–Crippen MR) is 139 cm³/mol. The van der Waals surface area contributed by atoms with E-state index in [2.05, 4.69) is 58.4 Å². The molecule has 9 heteroatoms. The second-order valence-corrected chi connectivity index (χ2v) is 9.25. The van der Waals surface area contributed by atoms with Crippen molar-refractivity contribution in [2.24, 2.45) is 0 Å². The molecule has 0 heterocycles. The molecule has 0 unspecified atom stereocenters. The van der Waals surface area contributed by atoms with Gasteiger partial charge in [0.2, 0.25) is 17.7 Å². The highest BCUT2D eigenvalue weighted by atomic mass is 32.2. The van der Waals surface area contributed by atoms with Gasteiger partial charge in [0.1, 0.15) is 6.54 Å². The highest BCUT2D eigenvalue weighted by Crippen LogP contribution is 2.49. The number of carbonyl (C=O) groups excluding carboxylic acids is 3. The molecule has 1 aliphatic rings. The number of rotatable bonds is 12. The first kappa shape index (κ1) is 26.7. The van der Waals surface area contributed by atoms with Crippen LogP contribution in [0.1, 0.15) is 24.0 Å². The molecule has 8 nitrogen and oxygen atoms in total. The van der Waals surface area contributed by atoms with Gasteiger partial charge in [0.15, 0.2) is 0 Å². The number of carboxylic acids is 1. The third-order valence-electron chi connectivity index (χ3n) is 5.51. The Bertz CT molecular complexity index is 1090. The van der Waals surface area contributed by atoms with Crippen LogP contribution in [-0.2, 0) is 23.9 Å². The van der Waals surface area contributed by atoms with Crippen molar-refractivity contribution in [3.05, 3.63) is 95.6 Å². The minimum absolute atomic E-state index is 0.0986. The molecular formula is C27H29N3O5S. The molecule has 2 aromatic carbocycles. The van der Waals surface area contributed by atoms with Crippen molar-refractivity contribution < 1.29 is 24.3 Å². The normalized spacial score (nSPS) is 12.8. The van der Waals surface area contributed by atoms with Crippen molar-refractivity contribution in [2.75, 3.05) is 25.4 Å². The molecule has 3 rings (SSSR count). The van der Waals surface area contributed by atoms with Crippen LogP contribution in [0, 0.1) is 0 Å². The molecule has 0 aliphatic heterocycles. The van der Waals surface area contributed by atoms with Crippen LogP contribution in [0.5, 0.6) is 0 Å². The summed E-state index contributed by atoms with van der Waals surface area (Å²) in [6.07, 6.45) is 8.37. The lowest BCUT2D eigenvalue weighted by atomic mass is 9.81. The van der Waals surface area contributed by atoms with Crippen LogP contribution in [0.4, 0.5) is 0 Å². The lowest BCUT2D eigenvalue weighted by Crippen LogP contribution is -2.43. The Morgan fingerprint density at radius 1 is 0.750 bits per heavy atom. The van der Waals surface area contributed by atoms with E-state index in [-0.39, 0.29) is 24.7 Å². The van der Waals surface area contributed by atoms with Gasteiger partial charge in [0.05, 0.1) is 23.6 Å². The predicted octanol–water partition coefficient (Wildman–Crippen LogP) is 2.37. The molecule has 0 spiro atoms. The largest absolute Gasteiger partial charge is 0.480 e. The molecule has 0 fully saturated rings. The van der Waals surface area contributed by atoms with E-state index in [0.29, 0.717) is 0 Å². The number of thioether (sulfide) groups is 1. The van der Waals surface area contributed by atoms with E-state index in [1.54, 1.807) is 0 Å². The molecule has 4 N–H and O–H groups in total. The van der Waals surface area contributed by atoms with Crippen LogP contribution in [0.15, 0.2) is 84.5 Å². The molecule has 0 saturated carbocycles. The van der Waals surface area contributed by atoms with Crippen molar-refractivity contribution >= 4 is 35.5 Å². The van der Waals surface area contributed by atoms with Crippen LogP contribution in [0.3, 0.4) is 0 Å². The van der Waals surface area contributed by atoms with Crippen molar-refractivity contribution in [1.82, 2.24) is 16.0 Å². The van der Waals surface area contributed by atoms with Gasteiger partial charge in [-0.3, -0.25) is 19.2 Å². The van der Waals surface area contributed by atoms with Gasteiger partial charge in [0.25, 0.3) is 0 Å². The maximum absolute atomic E-state index is 12.8. The highest BCUT2D eigenvalue weighted by molar-refractivity contribution is 8.01. The lowest BCUT2D eigenvalue weighted by molar-refractivity contribution is -0.137. The Labute approximate surface area is 214 Å². The van der Waals surface area contributed by atoms with Gasteiger partial charge in [0, 0.05) is 0 Å². The second kappa shape index (κ2) is 13.3. The zero-order valence-electron chi connectivity index (χ0n) is 19.7. The van der Waals surface area contributed by atoms with Crippen molar-refractivity contribution in [3.8, 4) is 0 Å².